The summed E-state index contributed by atoms with van der Waals surface area (Å²) in [4.78, 5) is 0. The summed E-state index contributed by atoms with van der Waals surface area (Å²) in [5.41, 5.74) is 3.73. The van der Waals surface area contributed by atoms with Gasteiger partial charge in [-0.3, -0.25) is 9.36 Å². The van der Waals surface area contributed by atoms with E-state index in [4.69, 9.17) is 0 Å². The van der Waals surface area contributed by atoms with Gasteiger partial charge in [0.25, 0.3) is 0 Å². The van der Waals surface area contributed by atoms with Gasteiger partial charge >= 0.3 is 0 Å². The lowest BCUT2D eigenvalue weighted by Crippen LogP contribution is -2.18. The maximum atomic E-state index is 4.39. The molecule has 0 saturated heterocycles. The predicted octanol–water partition coefficient (Wildman–Crippen LogP) is 2.28. The lowest BCUT2D eigenvalue weighted by molar-refractivity contribution is 0.566. The summed E-state index contributed by atoms with van der Waals surface area (Å²) in [5, 5.41) is 12.2. The third-order valence-electron chi connectivity index (χ3n) is 3.53. The number of aromatic nitrogens is 4. The second-order valence-electron chi connectivity index (χ2n) is 4.81. The number of rotatable bonds is 6. The molecule has 0 aliphatic rings. The molecule has 0 saturated carbocycles. The van der Waals surface area contributed by atoms with Crippen molar-refractivity contribution in [2.24, 2.45) is 0 Å². The molecule has 2 rings (SSSR count). The van der Waals surface area contributed by atoms with Gasteiger partial charge in [0.1, 0.15) is 0 Å². The van der Waals surface area contributed by atoms with Crippen molar-refractivity contribution in [2.75, 3.05) is 0 Å². The molecule has 0 aromatic carbocycles. The highest BCUT2D eigenvalue weighted by Gasteiger charge is 2.12. The van der Waals surface area contributed by atoms with Crippen molar-refractivity contribution >= 4 is 0 Å². The second kappa shape index (κ2) is 6.02. The fraction of sp³-hybridized carbons (Fsp3) is 0.571. The van der Waals surface area contributed by atoms with Crippen LogP contribution < -0.4 is 5.32 Å². The zero-order valence-corrected chi connectivity index (χ0v) is 12.2. The first-order valence-corrected chi connectivity index (χ1v) is 6.92. The molecule has 0 aliphatic carbocycles. The van der Waals surface area contributed by atoms with Crippen molar-refractivity contribution in [3.63, 3.8) is 0 Å². The molecule has 104 valence electrons. The maximum absolute atomic E-state index is 4.39. The Balaban J connectivity index is 1.96. The number of nitrogens with zero attached hydrogens (tertiary/aromatic N) is 4. The van der Waals surface area contributed by atoms with Crippen LogP contribution in [-0.4, -0.2) is 19.6 Å². The van der Waals surface area contributed by atoms with Crippen molar-refractivity contribution in [3.05, 3.63) is 35.4 Å². The Morgan fingerprint density at radius 2 is 2.00 bits per heavy atom. The molecule has 5 heteroatoms. The second-order valence-corrected chi connectivity index (χ2v) is 4.81. The highest BCUT2D eigenvalue weighted by atomic mass is 15.3. The molecule has 5 nitrogen and oxygen atoms in total. The molecule has 1 unspecified atom stereocenters. The molecule has 0 radical (unpaired) electrons. The first kappa shape index (κ1) is 13.8. The Bertz CT molecular complexity index is 526. The lowest BCUT2D eigenvalue weighted by Gasteiger charge is -2.13. The van der Waals surface area contributed by atoms with Gasteiger partial charge in [0, 0.05) is 48.7 Å². The van der Waals surface area contributed by atoms with E-state index in [0.29, 0.717) is 6.04 Å². The van der Waals surface area contributed by atoms with E-state index in [-0.39, 0.29) is 0 Å². The minimum absolute atomic E-state index is 0.297. The van der Waals surface area contributed by atoms with E-state index in [1.807, 2.05) is 21.8 Å². The average Bonchev–Trinajstić information content (AvgIpc) is 3.02. The van der Waals surface area contributed by atoms with Crippen LogP contribution in [0.1, 0.15) is 43.6 Å². The smallest absolute Gasteiger partial charge is 0.0540 e. The van der Waals surface area contributed by atoms with E-state index >= 15 is 0 Å². The fourth-order valence-electron chi connectivity index (χ4n) is 2.26. The van der Waals surface area contributed by atoms with Crippen LogP contribution >= 0.6 is 0 Å². The molecule has 19 heavy (non-hydrogen) atoms. The Kier molecular flexibility index (Phi) is 4.37. The molecule has 0 fully saturated rings. The number of hydrogen-bond donors (Lipinski definition) is 1. The van der Waals surface area contributed by atoms with Crippen molar-refractivity contribution < 1.29 is 0 Å². The highest BCUT2D eigenvalue weighted by molar-refractivity contribution is 5.20. The van der Waals surface area contributed by atoms with Gasteiger partial charge < -0.3 is 5.32 Å². The van der Waals surface area contributed by atoms with E-state index in [1.54, 1.807) is 0 Å². The molecule has 1 atom stereocenters. The Morgan fingerprint density at radius 1 is 1.21 bits per heavy atom. The monoisotopic (exact) mass is 261 g/mol. The Morgan fingerprint density at radius 3 is 2.58 bits per heavy atom. The summed E-state index contributed by atoms with van der Waals surface area (Å²) in [6.45, 7) is 11.2. The van der Waals surface area contributed by atoms with Crippen molar-refractivity contribution in [1.29, 1.82) is 0 Å². The fourth-order valence-corrected chi connectivity index (χ4v) is 2.26. The van der Waals surface area contributed by atoms with Gasteiger partial charge in [-0.1, -0.05) is 0 Å². The van der Waals surface area contributed by atoms with Crippen LogP contribution in [0.2, 0.25) is 0 Å². The molecule has 1 N–H and O–H groups in total. The number of aryl methyl sites for hydroxylation is 2. The SMILES string of the molecule is CCn1cc(CNC(C)c2cnn(CC)c2C)cn1. The van der Waals surface area contributed by atoms with Gasteiger partial charge in [-0.05, 0) is 27.7 Å². The van der Waals surface area contributed by atoms with Crippen LogP contribution in [0.5, 0.6) is 0 Å². The van der Waals surface area contributed by atoms with E-state index in [1.165, 1.54) is 16.8 Å². The lowest BCUT2D eigenvalue weighted by atomic mass is 10.1. The highest BCUT2D eigenvalue weighted by Crippen LogP contribution is 2.17. The van der Waals surface area contributed by atoms with Gasteiger partial charge in [0.2, 0.25) is 0 Å². The number of nitrogens with one attached hydrogen (secondary N) is 1. The molecular formula is C14H23N5. The molecule has 0 amide bonds. The first-order chi connectivity index (χ1) is 9.15. The van der Waals surface area contributed by atoms with Crippen molar-refractivity contribution in [2.45, 2.75) is 53.4 Å². The molecule has 0 spiro atoms. The molecular weight excluding hydrogens is 238 g/mol. The van der Waals surface area contributed by atoms with Crippen LogP contribution in [0.4, 0.5) is 0 Å². The van der Waals surface area contributed by atoms with Gasteiger partial charge in [0.15, 0.2) is 0 Å². The molecule has 2 aromatic heterocycles. The topological polar surface area (TPSA) is 47.7 Å². The van der Waals surface area contributed by atoms with E-state index in [0.717, 1.165) is 19.6 Å². The average molecular weight is 261 g/mol. The summed E-state index contributed by atoms with van der Waals surface area (Å²) in [5.74, 6) is 0. The Hall–Kier alpha value is -1.62. The summed E-state index contributed by atoms with van der Waals surface area (Å²) in [7, 11) is 0. The third kappa shape index (κ3) is 3.04. The van der Waals surface area contributed by atoms with Gasteiger partial charge in [-0.2, -0.15) is 10.2 Å². The van der Waals surface area contributed by atoms with E-state index < -0.39 is 0 Å². The van der Waals surface area contributed by atoms with E-state index in [9.17, 15) is 0 Å². The quantitative estimate of drug-likeness (QED) is 0.868. The van der Waals surface area contributed by atoms with Gasteiger partial charge in [-0.25, -0.2) is 0 Å². The van der Waals surface area contributed by atoms with Gasteiger partial charge in [-0.15, -0.1) is 0 Å². The predicted molar refractivity (Wildman–Crippen MR) is 75.8 cm³/mol. The van der Waals surface area contributed by atoms with Gasteiger partial charge in [0.05, 0.1) is 12.4 Å². The summed E-state index contributed by atoms with van der Waals surface area (Å²) >= 11 is 0. The Labute approximate surface area is 114 Å². The minimum Gasteiger partial charge on any atom is -0.306 e. The van der Waals surface area contributed by atoms with Crippen LogP contribution in [-0.2, 0) is 19.6 Å². The van der Waals surface area contributed by atoms with Crippen LogP contribution in [0.15, 0.2) is 18.6 Å². The zero-order valence-electron chi connectivity index (χ0n) is 12.2. The third-order valence-corrected chi connectivity index (χ3v) is 3.53. The summed E-state index contributed by atoms with van der Waals surface area (Å²) in [6.07, 6.45) is 5.97. The number of hydrogen-bond acceptors (Lipinski definition) is 3. The zero-order chi connectivity index (χ0) is 13.8. The molecule has 2 aromatic rings. The van der Waals surface area contributed by atoms with Crippen LogP contribution in [0, 0.1) is 6.92 Å². The minimum atomic E-state index is 0.297. The van der Waals surface area contributed by atoms with Crippen molar-refractivity contribution in [3.8, 4) is 0 Å². The standard InChI is InChI=1S/C14H23N5/c1-5-18-10-13(8-16-18)7-15-11(3)14-9-17-19(6-2)12(14)4/h8-11,15H,5-7H2,1-4H3. The molecule has 0 bridgehead atoms. The van der Waals surface area contributed by atoms with Crippen molar-refractivity contribution in [1.82, 2.24) is 24.9 Å². The van der Waals surface area contributed by atoms with Crippen LogP contribution in [0.3, 0.4) is 0 Å². The first-order valence-electron chi connectivity index (χ1n) is 6.92. The summed E-state index contributed by atoms with van der Waals surface area (Å²) < 4.78 is 3.98. The molecule has 2 heterocycles. The maximum Gasteiger partial charge on any atom is 0.0540 e. The molecule has 0 aliphatic heterocycles. The summed E-state index contributed by atoms with van der Waals surface area (Å²) in [6, 6.07) is 0.297. The van der Waals surface area contributed by atoms with E-state index in [2.05, 4.69) is 49.4 Å². The van der Waals surface area contributed by atoms with Crippen LogP contribution in [0.25, 0.3) is 0 Å². The largest absolute Gasteiger partial charge is 0.306 e. The normalized spacial score (nSPS) is 12.8.